The average molecular weight is 415 g/mol. The van der Waals surface area contributed by atoms with Crippen molar-refractivity contribution in [3.63, 3.8) is 0 Å². The lowest BCUT2D eigenvalue weighted by molar-refractivity contribution is -0.153. The Morgan fingerprint density at radius 2 is 1.93 bits per heavy atom. The second-order valence-corrected chi connectivity index (χ2v) is 7.69. The first kappa shape index (κ1) is 23.0. The molecular weight excluding hydrogens is 387 g/mol. The molecule has 1 heterocycles. The second-order valence-electron chi connectivity index (χ2n) is 7.69. The number of ether oxygens (including phenoxy) is 1. The smallest absolute Gasteiger partial charge is 0.422 e. The predicted molar refractivity (Wildman–Crippen MR) is 102 cm³/mol. The van der Waals surface area contributed by atoms with Crippen LogP contribution in [-0.2, 0) is 4.79 Å². The molecule has 2 fully saturated rings. The molecule has 0 aromatic carbocycles. The number of amides is 2. The van der Waals surface area contributed by atoms with Crippen molar-refractivity contribution in [3.8, 4) is 5.75 Å². The second kappa shape index (κ2) is 9.45. The zero-order chi connectivity index (χ0) is 21.7. The third-order valence-electron chi connectivity index (χ3n) is 5.27. The quantitative estimate of drug-likeness (QED) is 0.636. The molecule has 29 heavy (non-hydrogen) atoms. The van der Waals surface area contributed by atoms with Gasteiger partial charge in [0.05, 0.1) is 0 Å². The van der Waals surface area contributed by atoms with E-state index in [0.29, 0.717) is 17.9 Å². The molecule has 1 aromatic heterocycles. The summed E-state index contributed by atoms with van der Waals surface area (Å²) in [6.45, 7) is 2.65. The van der Waals surface area contributed by atoms with Gasteiger partial charge in [-0.1, -0.05) is 6.92 Å². The van der Waals surface area contributed by atoms with Crippen LogP contribution in [0.4, 0.5) is 13.2 Å². The van der Waals surface area contributed by atoms with Gasteiger partial charge in [0, 0.05) is 30.4 Å². The van der Waals surface area contributed by atoms with E-state index in [1.54, 1.807) is 7.05 Å². The first-order valence-electron chi connectivity index (χ1n) is 9.76. The van der Waals surface area contributed by atoms with E-state index in [-0.39, 0.29) is 28.8 Å². The molecule has 9 heteroatoms. The molecule has 6 nitrogen and oxygen atoms in total. The van der Waals surface area contributed by atoms with Gasteiger partial charge in [-0.15, -0.1) is 0 Å². The Bertz CT molecular complexity index is 719. The summed E-state index contributed by atoms with van der Waals surface area (Å²) in [4.78, 5) is 25.8. The minimum absolute atomic E-state index is 0.0990. The maximum absolute atomic E-state index is 12.6. The van der Waals surface area contributed by atoms with Gasteiger partial charge in [-0.25, -0.2) is 0 Å². The number of aromatic nitrogens is 1. The van der Waals surface area contributed by atoms with E-state index in [1.165, 1.54) is 12.3 Å². The Labute approximate surface area is 168 Å². The molecule has 3 rings (SSSR count). The Kier molecular flexibility index (Phi) is 7.48. The summed E-state index contributed by atoms with van der Waals surface area (Å²) in [5.74, 6) is 0.383. The molecule has 162 valence electrons. The van der Waals surface area contributed by atoms with Gasteiger partial charge in [-0.2, -0.15) is 13.2 Å². The molecule has 0 aliphatic heterocycles. The summed E-state index contributed by atoms with van der Waals surface area (Å²) in [6, 6.07) is 1.34. The molecule has 0 spiro atoms. The van der Waals surface area contributed by atoms with Gasteiger partial charge in [0.15, 0.2) is 6.61 Å². The zero-order valence-electron chi connectivity index (χ0n) is 16.9. The number of hydrogen-bond donors (Lipinski definition) is 2. The lowest BCUT2D eigenvalue weighted by Gasteiger charge is -2.29. The van der Waals surface area contributed by atoms with Crippen molar-refractivity contribution in [3.05, 3.63) is 23.5 Å². The minimum atomic E-state index is -4.42. The molecule has 2 saturated carbocycles. The minimum Gasteiger partial charge on any atom is -0.484 e. The van der Waals surface area contributed by atoms with Crippen molar-refractivity contribution in [2.75, 3.05) is 13.7 Å². The van der Waals surface area contributed by atoms with E-state index in [4.69, 9.17) is 9.53 Å². The summed E-state index contributed by atoms with van der Waals surface area (Å²) < 4.78 is 42.4. The largest absolute Gasteiger partial charge is 0.484 e. The van der Waals surface area contributed by atoms with E-state index in [0.717, 1.165) is 32.1 Å². The molecule has 0 radical (unpaired) electrons. The van der Waals surface area contributed by atoms with Crippen LogP contribution in [0.25, 0.3) is 0 Å². The van der Waals surface area contributed by atoms with Gasteiger partial charge in [-0.3, -0.25) is 14.6 Å². The van der Waals surface area contributed by atoms with Crippen molar-refractivity contribution < 1.29 is 27.5 Å². The predicted octanol–water partition coefficient (Wildman–Crippen LogP) is 3.57. The number of halogens is 3. The summed E-state index contributed by atoms with van der Waals surface area (Å²) in [6.07, 6.45) is 2.46. The Morgan fingerprint density at radius 3 is 2.38 bits per heavy atom. The third kappa shape index (κ3) is 6.90. The Morgan fingerprint density at radius 1 is 1.31 bits per heavy atom. The highest BCUT2D eigenvalue weighted by Gasteiger charge is 2.41. The third-order valence-corrected chi connectivity index (χ3v) is 5.27. The summed E-state index contributed by atoms with van der Waals surface area (Å²) in [5, 5.41) is 5.26. The molecule has 2 N–H and O–H groups in total. The van der Waals surface area contributed by atoms with Crippen LogP contribution < -0.4 is 15.4 Å². The molecule has 1 atom stereocenters. The number of nitrogens with zero attached hydrogens (tertiary/aromatic N) is 1. The van der Waals surface area contributed by atoms with Gasteiger partial charge >= 0.3 is 6.18 Å². The van der Waals surface area contributed by atoms with E-state index in [2.05, 4.69) is 15.6 Å². The number of rotatable bonds is 8. The number of alkyl halides is 3. The number of pyridine rings is 1. The lowest BCUT2D eigenvalue weighted by atomic mass is 9.92. The first-order chi connectivity index (χ1) is 13.6. The molecule has 2 aliphatic rings. The van der Waals surface area contributed by atoms with Crippen molar-refractivity contribution in [1.82, 2.24) is 15.6 Å². The molecular formula is C20H28F3N3O3. The van der Waals surface area contributed by atoms with Crippen molar-refractivity contribution in [1.29, 1.82) is 0 Å². The van der Waals surface area contributed by atoms with E-state index in [9.17, 15) is 18.0 Å². The lowest BCUT2D eigenvalue weighted by Crippen LogP contribution is -2.47. The SMILES string of the molecule is CCC(C)(NC(=O)c1cc(OCC(F)(F)F)c(C2CC2)cn1)C1CC1.CNC=O. The fourth-order valence-electron chi connectivity index (χ4n) is 3.08. The number of carbonyl (C=O) groups excluding carboxylic acids is 2. The highest BCUT2D eigenvalue weighted by Crippen LogP contribution is 2.44. The molecule has 0 saturated heterocycles. The molecule has 0 bridgehead atoms. The average Bonchev–Trinajstić information content (AvgIpc) is 3.57. The highest BCUT2D eigenvalue weighted by molar-refractivity contribution is 5.93. The van der Waals surface area contributed by atoms with Crippen LogP contribution >= 0.6 is 0 Å². The van der Waals surface area contributed by atoms with Crippen molar-refractivity contribution >= 4 is 12.3 Å². The number of nitrogens with one attached hydrogen (secondary N) is 2. The van der Waals surface area contributed by atoms with Crippen LogP contribution in [0.3, 0.4) is 0 Å². The zero-order valence-corrected chi connectivity index (χ0v) is 16.9. The van der Waals surface area contributed by atoms with Crippen molar-refractivity contribution in [2.24, 2.45) is 5.92 Å². The molecule has 1 unspecified atom stereocenters. The Balaban J connectivity index is 0.000000687. The van der Waals surface area contributed by atoms with Crippen LogP contribution in [0.5, 0.6) is 5.75 Å². The molecule has 2 amide bonds. The number of carbonyl (C=O) groups is 2. The van der Waals surface area contributed by atoms with Gasteiger partial charge in [-0.05, 0) is 50.9 Å². The summed E-state index contributed by atoms with van der Waals surface area (Å²) >= 11 is 0. The van der Waals surface area contributed by atoms with Gasteiger partial charge in [0.25, 0.3) is 5.91 Å². The van der Waals surface area contributed by atoms with Gasteiger partial charge < -0.3 is 15.4 Å². The van der Waals surface area contributed by atoms with Crippen LogP contribution in [0.15, 0.2) is 12.3 Å². The normalized spacial score (nSPS) is 18.0. The van der Waals surface area contributed by atoms with Crippen LogP contribution in [0.1, 0.15) is 67.9 Å². The van der Waals surface area contributed by atoms with E-state index < -0.39 is 12.8 Å². The highest BCUT2D eigenvalue weighted by atomic mass is 19.4. The fourth-order valence-corrected chi connectivity index (χ4v) is 3.08. The first-order valence-corrected chi connectivity index (χ1v) is 9.76. The van der Waals surface area contributed by atoms with Gasteiger partial charge in [0.1, 0.15) is 11.4 Å². The maximum atomic E-state index is 12.6. The maximum Gasteiger partial charge on any atom is 0.422 e. The number of hydrogen-bond acceptors (Lipinski definition) is 4. The summed E-state index contributed by atoms with van der Waals surface area (Å²) in [7, 11) is 1.56. The van der Waals surface area contributed by atoms with E-state index >= 15 is 0 Å². The fraction of sp³-hybridized carbons (Fsp3) is 0.650. The molecule has 2 aliphatic carbocycles. The monoisotopic (exact) mass is 415 g/mol. The van der Waals surface area contributed by atoms with Crippen molar-refractivity contribution in [2.45, 2.75) is 63.6 Å². The van der Waals surface area contributed by atoms with Gasteiger partial charge in [0.2, 0.25) is 6.41 Å². The topological polar surface area (TPSA) is 80.3 Å². The Hall–Kier alpha value is -2.32. The van der Waals surface area contributed by atoms with Crippen LogP contribution in [0.2, 0.25) is 0 Å². The summed E-state index contributed by atoms with van der Waals surface area (Å²) in [5.41, 5.74) is 0.448. The standard InChI is InChI=1S/C18H23F3N2O2.C2H5NO/c1-3-17(2,12-6-7-12)23-16(24)14-8-15(25-10-18(19,20)21)13(9-22-14)11-4-5-11;1-3-2-4/h8-9,11-12H,3-7,10H2,1-2H3,(H,23,24);2H,1H3,(H,3,4). The van der Waals surface area contributed by atoms with Crippen LogP contribution in [0, 0.1) is 5.92 Å². The van der Waals surface area contributed by atoms with Crippen LogP contribution in [-0.4, -0.2) is 42.7 Å². The van der Waals surface area contributed by atoms with E-state index in [1.807, 2.05) is 13.8 Å². The molecule has 1 aromatic rings.